The molecule has 6 nitrogen and oxygen atoms in total. The maximum absolute atomic E-state index is 10.1. The third-order valence-electron chi connectivity index (χ3n) is 2.04. The van der Waals surface area contributed by atoms with Crippen molar-refractivity contribution in [2.24, 2.45) is 5.84 Å². The summed E-state index contributed by atoms with van der Waals surface area (Å²) >= 11 is 0. The van der Waals surface area contributed by atoms with Crippen LogP contribution in [-0.2, 0) is 14.3 Å². The topological polar surface area (TPSA) is 93.4 Å². The summed E-state index contributed by atoms with van der Waals surface area (Å²) in [6, 6.07) is 0.234. The van der Waals surface area contributed by atoms with E-state index in [0.29, 0.717) is 18.6 Å². The van der Waals surface area contributed by atoms with Crippen molar-refractivity contribution in [3.05, 3.63) is 5.70 Å². The lowest BCUT2D eigenvalue weighted by Crippen LogP contribution is -2.42. The van der Waals surface area contributed by atoms with Gasteiger partial charge >= 0.3 is 0 Å². The number of ether oxygens (including phenoxy) is 1. The Kier molecular flexibility index (Phi) is 7.21. The highest BCUT2D eigenvalue weighted by Crippen LogP contribution is 2.07. The molecule has 0 aromatic carbocycles. The molecule has 1 unspecified atom stereocenters. The molecule has 4 N–H and O–H groups in total. The number of carbonyl (C=O) groups is 1. The highest BCUT2D eigenvalue weighted by molar-refractivity contribution is 5.51. The fourth-order valence-corrected chi connectivity index (χ4v) is 1.18. The minimum Gasteiger partial charge on any atom is -0.462 e. The molecule has 17 heavy (non-hydrogen) atoms. The molecule has 0 radical (unpaired) electrons. The van der Waals surface area contributed by atoms with Gasteiger partial charge in [0.2, 0.25) is 0 Å². The lowest BCUT2D eigenvalue weighted by Gasteiger charge is -2.22. The first-order valence-corrected chi connectivity index (χ1v) is 5.48. The van der Waals surface area contributed by atoms with E-state index in [9.17, 15) is 9.59 Å². The van der Waals surface area contributed by atoms with E-state index in [2.05, 4.69) is 15.5 Å². The van der Waals surface area contributed by atoms with Crippen molar-refractivity contribution < 1.29 is 14.3 Å². The van der Waals surface area contributed by atoms with Crippen LogP contribution in [0.25, 0.3) is 0 Å². The summed E-state index contributed by atoms with van der Waals surface area (Å²) in [5.41, 5.74) is 2.93. The molecule has 1 saturated heterocycles. The maximum atomic E-state index is 10.1. The van der Waals surface area contributed by atoms with E-state index in [4.69, 9.17) is 5.84 Å². The summed E-state index contributed by atoms with van der Waals surface area (Å²) in [5.74, 6) is 7.03. The van der Waals surface area contributed by atoms with E-state index in [1.54, 1.807) is 0 Å². The quantitative estimate of drug-likeness (QED) is 0.271. The lowest BCUT2D eigenvalue weighted by molar-refractivity contribution is -0.138. The largest absolute Gasteiger partial charge is 0.462 e. The number of nitrogens with two attached hydrogens (primary N) is 1. The second kappa shape index (κ2) is 7.84. The summed E-state index contributed by atoms with van der Waals surface area (Å²) in [5, 5.41) is 2.93. The number of hydrogen-bond donors (Lipinski definition) is 3. The lowest BCUT2D eigenvalue weighted by atomic mass is 10.1. The smallest absolute Gasteiger partial charge is 0.293 e. The highest BCUT2D eigenvalue weighted by Gasteiger charge is 2.14. The Morgan fingerprint density at radius 2 is 2.24 bits per heavy atom. The van der Waals surface area contributed by atoms with Gasteiger partial charge < -0.3 is 10.1 Å². The average molecular weight is 243 g/mol. The molecular formula is C11H21N3O3. The minimum atomic E-state index is -0.318. The molecule has 6 heteroatoms. The van der Waals surface area contributed by atoms with Gasteiger partial charge in [-0.1, -0.05) is 0 Å². The third-order valence-corrected chi connectivity index (χ3v) is 2.04. The molecule has 0 aromatic rings. The van der Waals surface area contributed by atoms with Gasteiger partial charge in [0.25, 0.3) is 6.47 Å². The van der Waals surface area contributed by atoms with E-state index in [1.807, 2.05) is 26.7 Å². The van der Waals surface area contributed by atoms with E-state index >= 15 is 0 Å². The van der Waals surface area contributed by atoms with Crippen LogP contribution in [0.2, 0.25) is 0 Å². The molecule has 0 aromatic heterocycles. The van der Waals surface area contributed by atoms with Gasteiger partial charge in [-0.25, -0.2) is 4.79 Å². The normalized spacial score (nSPS) is 19.3. The molecule has 1 heterocycles. The molecule has 0 aliphatic carbocycles. The van der Waals surface area contributed by atoms with Crippen LogP contribution in [0.1, 0.15) is 33.6 Å². The summed E-state index contributed by atoms with van der Waals surface area (Å²) in [6.45, 7) is 6.73. The number of rotatable bonds is 2. The van der Waals surface area contributed by atoms with Crippen LogP contribution in [0.5, 0.6) is 0 Å². The van der Waals surface area contributed by atoms with Gasteiger partial charge in [-0.2, -0.15) is 0 Å². The van der Waals surface area contributed by atoms with Crippen molar-refractivity contribution in [2.45, 2.75) is 45.3 Å². The SMILES string of the molecule is CC(C)(C)OC=O.NNC1CCNC(=C=O)C1. The Morgan fingerprint density at radius 1 is 1.59 bits per heavy atom. The monoisotopic (exact) mass is 243 g/mol. The molecule has 1 aliphatic rings. The summed E-state index contributed by atoms with van der Waals surface area (Å²) in [4.78, 5) is 19.7. The first kappa shape index (κ1) is 15.6. The number of piperidine rings is 1. The second-order valence-corrected chi connectivity index (χ2v) is 4.69. The molecule has 1 aliphatic heterocycles. The highest BCUT2D eigenvalue weighted by atomic mass is 16.5. The molecule has 1 fully saturated rings. The Labute approximate surface area is 102 Å². The van der Waals surface area contributed by atoms with Gasteiger partial charge in [0.1, 0.15) is 11.5 Å². The van der Waals surface area contributed by atoms with Gasteiger partial charge in [-0.3, -0.25) is 16.1 Å². The van der Waals surface area contributed by atoms with E-state index in [-0.39, 0.29) is 11.6 Å². The van der Waals surface area contributed by atoms with E-state index in [1.165, 1.54) is 0 Å². The van der Waals surface area contributed by atoms with Crippen molar-refractivity contribution >= 4 is 12.4 Å². The average Bonchev–Trinajstić information content (AvgIpc) is 2.28. The Balaban J connectivity index is 0.000000325. The molecule has 98 valence electrons. The predicted molar refractivity (Wildman–Crippen MR) is 64.5 cm³/mol. The van der Waals surface area contributed by atoms with Gasteiger partial charge in [-0.05, 0) is 27.2 Å². The minimum absolute atomic E-state index is 0.234. The predicted octanol–water partition coefficient (Wildman–Crippen LogP) is -0.125. The van der Waals surface area contributed by atoms with E-state index in [0.717, 1.165) is 13.0 Å². The number of hydrogen-bond acceptors (Lipinski definition) is 6. The van der Waals surface area contributed by atoms with Crippen molar-refractivity contribution in [2.75, 3.05) is 6.54 Å². The fourth-order valence-electron chi connectivity index (χ4n) is 1.18. The molecule has 0 bridgehead atoms. The maximum Gasteiger partial charge on any atom is 0.293 e. The van der Waals surface area contributed by atoms with Crippen LogP contribution in [0.4, 0.5) is 0 Å². The first-order valence-electron chi connectivity index (χ1n) is 5.48. The van der Waals surface area contributed by atoms with Crippen LogP contribution in [0.15, 0.2) is 5.70 Å². The molecular weight excluding hydrogens is 222 g/mol. The summed E-state index contributed by atoms with van der Waals surface area (Å²) in [7, 11) is 0. The fraction of sp³-hybridized carbons (Fsp3) is 0.727. The van der Waals surface area contributed by atoms with Crippen LogP contribution in [0.3, 0.4) is 0 Å². The van der Waals surface area contributed by atoms with Crippen LogP contribution in [0, 0.1) is 0 Å². The molecule has 0 spiro atoms. The zero-order valence-electron chi connectivity index (χ0n) is 10.6. The summed E-state index contributed by atoms with van der Waals surface area (Å²) < 4.78 is 4.55. The molecule has 0 amide bonds. The molecule has 0 saturated carbocycles. The van der Waals surface area contributed by atoms with Gasteiger partial charge in [-0.15, -0.1) is 0 Å². The van der Waals surface area contributed by atoms with Crippen molar-refractivity contribution in [1.29, 1.82) is 0 Å². The number of carbonyl (C=O) groups excluding carboxylic acids is 2. The van der Waals surface area contributed by atoms with Crippen molar-refractivity contribution in [1.82, 2.24) is 10.7 Å². The first-order chi connectivity index (χ1) is 7.92. The zero-order chi connectivity index (χ0) is 13.3. The van der Waals surface area contributed by atoms with Gasteiger partial charge in [0.15, 0.2) is 0 Å². The zero-order valence-corrected chi connectivity index (χ0v) is 10.6. The standard InChI is InChI=1S/C6H11N3O.C5H10O2/c7-9-5-1-2-8-6(3-5)4-10;1-5(2,3)7-4-6/h5,8-9H,1-3,7H2;4H,1-3H3. The third kappa shape index (κ3) is 8.45. The number of hydrazine groups is 1. The number of nitrogens with one attached hydrogen (secondary N) is 2. The van der Waals surface area contributed by atoms with Crippen LogP contribution >= 0.6 is 0 Å². The van der Waals surface area contributed by atoms with Crippen LogP contribution in [-0.4, -0.2) is 30.6 Å². The second-order valence-electron chi connectivity index (χ2n) is 4.69. The Morgan fingerprint density at radius 3 is 2.59 bits per heavy atom. The van der Waals surface area contributed by atoms with Gasteiger partial charge in [0.05, 0.1) is 5.70 Å². The van der Waals surface area contributed by atoms with Crippen molar-refractivity contribution in [3.63, 3.8) is 0 Å². The Bertz CT molecular complexity index is 280. The van der Waals surface area contributed by atoms with Gasteiger partial charge in [0, 0.05) is 19.0 Å². The molecule has 1 rings (SSSR count). The van der Waals surface area contributed by atoms with Crippen molar-refractivity contribution in [3.8, 4) is 0 Å². The van der Waals surface area contributed by atoms with Crippen LogP contribution < -0.4 is 16.6 Å². The van der Waals surface area contributed by atoms with E-state index < -0.39 is 0 Å². The Hall–Kier alpha value is -1.36. The molecule has 1 atom stereocenters. The summed E-state index contributed by atoms with van der Waals surface area (Å²) in [6.07, 6.45) is 1.63.